The molecule has 1 fully saturated rings. The van der Waals surface area contributed by atoms with Crippen molar-refractivity contribution in [1.82, 2.24) is 24.9 Å². The van der Waals surface area contributed by atoms with Crippen LogP contribution in [0.4, 0.5) is 0 Å². The van der Waals surface area contributed by atoms with E-state index in [1.807, 2.05) is 32.6 Å². The lowest BCUT2D eigenvalue weighted by Crippen LogP contribution is -2.48. The second kappa shape index (κ2) is 7.18. The first-order chi connectivity index (χ1) is 12.0. The molecule has 0 bridgehead atoms. The molecule has 2 atom stereocenters. The minimum Gasteiger partial charge on any atom is -0.477 e. The van der Waals surface area contributed by atoms with Gasteiger partial charge in [-0.25, -0.2) is 4.68 Å². The number of carbonyl (C=O) groups is 1. The molecule has 0 unspecified atom stereocenters. The van der Waals surface area contributed by atoms with Gasteiger partial charge in [-0.2, -0.15) is 5.10 Å². The second-order valence-corrected chi connectivity index (χ2v) is 6.19. The van der Waals surface area contributed by atoms with Gasteiger partial charge in [0.2, 0.25) is 5.88 Å². The molecular weight excluding hydrogens is 322 g/mol. The fourth-order valence-electron chi connectivity index (χ4n) is 3.02. The highest BCUT2D eigenvalue weighted by atomic mass is 16.5. The van der Waals surface area contributed by atoms with E-state index >= 15 is 0 Å². The molecule has 1 aliphatic rings. The lowest BCUT2D eigenvalue weighted by atomic mass is 10.1. The number of rotatable bonds is 4. The van der Waals surface area contributed by atoms with E-state index in [0.29, 0.717) is 37.0 Å². The van der Waals surface area contributed by atoms with E-state index in [-0.39, 0.29) is 18.1 Å². The van der Waals surface area contributed by atoms with Crippen LogP contribution < -0.4 is 4.74 Å². The van der Waals surface area contributed by atoms with Gasteiger partial charge in [-0.05, 0) is 33.8 Å². The molecule has 1 saturated heterocycles. The van der Waals surface area contributed by atoms with Crippen LogP contribution in [0.3, 0.4) is 0 Å². The van der Waals surface area contributed by atoms with Crippen LogP contribution in [-0.4, -0.2) is 62.7 Å². The smallest absolute Gasteiger partial charge is 0.257 e. The van der Waals surface area contributed by atoms with E-state index in [1.165, 1.54) is 0 Å². The Morgan fingerprint density at radius 3 is 2.60 bits per heavy atom. The zero-order chi connectivity index (χ0) is 18.0. The predicted molar refractivity (Wildman–Crippen MR) is 91.0 cm³/mol. The van der Waals surface area contributed by atoms with Crippen molar-refractivity contribution in [1.29, 1.82) is 0 Å². The van der Waals surface area contributed by atoms with Crippen LogP contribution >= 0.6 is 0 Å². The summed E-state index contributed by atoms with van der Waals surface area (Å²) in [4.78, 5) is 14.7. The molecule has 0 saturated carbocycles. The fraction of sp³-hybridized carbons (Fsp3) is 0.529. The van der Waals surface area contributed by atoms with Gasteiger partial charge in [0.25, 0.3) is 5.91 Å². The zero-order valence-corrected chi connectivity index (χ0v) is 15.0. The maximum atomic E-state index is 12.9. The molecule has 0 N–H and O–H groups in total. The highest BCUT2D eigenvalue weighted by Crippen LogP contribution is 2.18. The third-order valence-corrected chi connectivity index (χ3v) is 4.08. The Bertz CT molecular complexity index is 733. The SMILES string of the molecule is CCOc1ccc(-n2ncc(C(=O)N3C[C@@H](C)O[C@@H](C)C3)c2C)nn1. The Kier molecular flexibility index (Phi) is 4.98. The van der Waals surface area contributed by atoms with E-state index < -0.39 is 0 Å². The quantitative estimate of drug-likeness (QED) is 0.837. The summed E-state index contributed by atoms with van der Waals surface area (Å²) in [5.41, 5.74) is 1.30. The van der Waals surface area contributed by atoms with Crippen LogP contribution in [0.5, 0.6) is 5.88 Å². The Morgan fingerprint density at radius 1 is 1.28 bits per heavy atom. The summed E-state index contributed by atoms with van der Waals surface area (Å²) in [6, 6.07) is 3.50. The normalized spacial score (nSPS) is 20.6. The monoisotopic (exact) mass is 345 g/mol. The van der Waals surface area contributed by atoms with Gasteiger partial charge in [0.15, 0.2) is 5.82 Å². The highest BCUT2D eigenvalue weighted by Gasteiger charge is 2.28. The summed E-state index contributed by atoms with van der Waals surface area (Å²) < 4.78 is 12.6. The largest absolute Gasteiger partial charge is 0.477 e. The van der Waals surface area contributed by atoms with E-state index in [9.17, 15) is 4.79 Å². The summed E-state index contributed by atoms with van der Waals surface area (Å²) in [5.74, 6) is 0.969. The van der Waals surface area contributed by atoms with Crippen molar-refractivity contribution in [3.63, 3.8) is 0 Å². The molecule has 8 heteroatoms. The lowest BCUT2D eigenvalue weighted by molar-refractivity contribution is -0.0586. The van der Waals surface area contributed by atoms with Crippen LogP contribution in [0.1, 0.15) is 36.8 Å². The summed E-state index contributed by atoms with van der Waals surface area (Å²) in [6.45, 7) is 9.38. The second-order valence-electron chi connectivity index (χ2n) is 6.19. The van der Waals surface area contributed by atoms with Crippen molar-refractivity contribution >= 4 is 5.91 Å². The topological polar surface area (TPSA) is 82.4 Å². The standard InChI is InChI=1S/C17H23N5O3/c1-5-24-16-7-6-15(19-20-16)22-13(4)14(8-18-22)17(23)21-9-11(2)25-12(3)10-21/h6-8,11-12H,5,9-10H2,1-4H3/t11-,12+. The van der Waals surface area contributed by atoms with Gasteiger partial charge in [0.1, 0.15) is 0 Å². The van der Waals surface area contributed by atoms with E-state index in [4.69, 9.17) is 9.47 Å². The molecule has 8 nitrogen and oxygen atoms in total. The predicted octanol–water partition coefficient (Wildman–Crippen LogP) is 1.62. The molecule has 1 aliphatic heterocycles. The number of nitrogens with zero attached hydrogens (tertiary/aromatic N) is 5. The Hall–Kier alpha value is -2.48. The van der Waals surface area contributed by atoms with Crippen molar-refractivity contribution in [2.45, 2.75) is 39.9 Å². The maximum Gasteiger partial charge on any atom is 0.257 e. The Morgan fingerprint density at radius 2 is 2.00 bits per heavy atom. The molecule has 2 aromatic heterocycles. The third kappa shape index (κ3) is 3.63. The first kappa shape index (κ1) is 17.3. The van der Waals surface area contributed by atoms with Gasteiger partial charge in [0, 0.05) is 19.2 Å². The Balaban J connectivity index is 1.82. The molecular formula is C17H23N5O3. The van der Waals surface area contributed by atoms with Crippen molar-refractivity contribution in [2.24, 2.45) is 0 Å². The third-order valence-electron chi connectivity index (χ3n) is 4.08. The molecule has 134 valence electrons. The van der Waals surface area contributed by atoms with Crippen LogP contribution in [0.2, 0.25) is 0 Å². The molecule has 0 aliphatic carbocycles. The fourth-order valence-corrected chi connectivity index (χ4v) is 3.02. The van der Waals surface area contributed by atoms with Gasteiger partial charge < -0.3 is 14.4 Å². The van der Waals surface area contributed by atoms with Crippen molar-refractivity contribution in [3.8, 4) is 11.7 Å². The minimum absolute atomic E-state index is 0.0278. The van der Waals surface area contributed by atoms with Gasteiger partial charge in [0.05, 0.1) is 36.3 Å². The average molecular weight is 345 g/mol. The van der Waals surface area contributed by atoms with Crippen molar-refractivity contribution in [3.05, 3.63) is 29.6 Å². The summed E-state index contributed by atoms with van der Waals surface area (Å²) in [7, 11) is 0. The first-order valence-electron chi connectivity index (χ1n) is 8.45. The number of ether oxygens (including phenoxy) is 2. The molecule has 2 aromatic rings. The van der Waals surface area contributed by atoms with Crippen molar-refractivity contribution < 1.29 is 14.3 Å². The maximum absolute atomic E-state index is 12.9. The number of hydrogen-bond acceptors (Lipinski definition) is 6. The molecule has 0 spiro atoms. The Labute approximate surface area is 146 Å². The zero-order valence-electron chi connectivity index (χ0n) is 15.0. The number of morpholine rings is 1. The number of aromatic nitrogens is 4. The van der Waals surface area contributed by atoms with Gasteiger partial charge in [-0.3, -0.25) is 4.79 Å². The average Bonchev–Trinajstić information content (AvgIpc) is 2.96. The molecule has 3 rings (SSSR count). The number of hydrogen-bond donors (Lipinski definition) is 0. The molecule has 3 heterocycles. The van der Waals surface area contributed by atoms with Gasteiger partial charge in [-0.1, -0.05) is 0 Å². The summed E-state index contributed by atoms with van der Waals surface area (Å²) >= 11 is 0. The van der Waals surface area contributed by atoms with Crippen LogP contribution in [-0.2, 0) is 4.74 Å². The molecule has 25 heavy (non-hydrogen) atoms. The van der Waals surface area contributed by atoms with Gasteiger partial charge >= 0.3 is 0 Å². The first-order valence-corrected chi connectivity index (χ1v) is 8.45. The van der Waals surface area contributed by atoms with E-state index in [0.717, 1.165) is 5.69 Å². The van der Waals surface area contributed by atoms with Crippen LogP contribution in [0, 0.1) is 6.92 Å². The van der Waals surface area contributed by atoms with Crippen LogP contribution in [0.25, 0.3) is 5.82 Å². The van der Waals surface area contributed by atoms with E-state index in [2.05, 4.69) is 15.3 Å². The molecule has 1 amide bonds. The van der Waals surface area contributed by atoms with Crippen LogP contribution in [0.15, 0.2) is 18.3 Å². The highest BCUT2D eigenvalue weighted by molar-refractivity contribution is 5.95. The number of carbonyl (C=O) groups excluding carboxylic acids is 1. The summed E-state index contributed by atoms with van der Waals surface area (Å²) in [6.07, 6.45) is 1.64. The van der Waals surface area contributed by atoms with E-state index in [1.54, 1.807) is 23.0 Å². The number of amides is 1. The molecule has 0 aromatic carbocycles. The lowest BCUT2D eigenvalue weighted by Gasteiger charge is -2.35. The minimum atomic E-state index is -0.0374. The summed E-state index contributed by atoms with van der Waals surface area (Å²) in [5, 5.41) is 12.4. The molecule has 0 radical (unpaired) electrons. The van der Waals surface area contributed by atoms with Gasteiger partial charge in [-0.15, -0.1) is 10.2 Å². The van der Waals surface area contributed by atoms with Crippen molar-refractivity contribution in [2.75, 3.05) is 19.7 Å².